The van der Waals surface area contributed by atoms with Gasteiger partial charge in [-0.15, -0.1) is 0 Å². The molecule has 1 aliphatic carbocycles. The monoisotopic (exact) mass is 371 g/mol. The molecule has 0 N–H and O–H groups in total. The molecule has 1 heterocycles. The first-order valence-electron chi connectivity index (χ1n) is 5.85. The number of rotatable bonds is 1. The molecule has 0 radical (unpaired) electrons. The topological polar surface area (TPSA) is 22.0 Å². The van der Waals surface area contributed by atoms with E-state index in [9.17, 15) is 4.79 Å². The van der Waals surface area contributed by atoms with Gasteiger partial charge in [0.25, 0.3) is 0 Å². The second-order valence-electron chi connectivity index (χ2n) is 4.42. The molecule has 2 aromatic rings. The van der Waals surface area contributed by atoms with Crippen LogP contribution in [0.25, 0.3) is 5.69 Å². The van der Waals surface area contributed by atoms with Gasteiger partial charge in [0, 0.05) is 32.5 Å². The summed E-state index contributed by atoms with van der Waals surface area (Å²) in [7, 11) is 0. The first-order chi connectivity index (χ1) is 8.66. The van der Waals surface area contributed by atoms with Crippen molar-refractivity contribution in [3.8, 4) is 5.69 Å². The maximum absolute atomic E-state index is 11.8. The van der Waals surface area contributed by atoms with Crippen LogP contribution < -0.4 is 0 Å². The van der Waals surface area contributed by atoms with Crippen LogP contribution >= 0.6 is 34.2 Å². The lowest BCUT2D eigenvalue weighted by Crippen LogP contribution is -2.12. The average Bonchev–Trinajstić information content (AvgIpc) is 2.74. The Morgan fingerprint density at radius 3 is 2.83 bits per heavy atom. The van der Waals surface area contributed by atoms with Crippen LogP contribution in [0.3, 0.4) is 0 Å². The van der Waals surface area contributed by atoms with Gasteiger partial charge >= 0.3 is 0 Å². The number of carbonyl (C=O) groups excluding carboxylic acids is 1. The van der Waals surface area contributed by atoms with Crippen molar-refractivity contribution in [3.63, 3.8) is 0 Å². The summed E-state index contributed by atoms with van der Waals surface area (Å²) in [5.74, 6) is 0.263. The maximum Gasteiger partial charge on any atom is 0.164 e. The third-order valence-corrected chi connectivity index (χ3v) is 4.38. The van der Waals surface area contributed by atoms with Gasteiger partial charge in [-0.3, -0.25) is 4.79 Å². The molecular weight excluding hydrogens is 361 g/mol. The third kappa shape index (κ3) is 1.99. The molecule has 0 amide bonds. The minimum absolute atomic E-state index is 0.263. The molecule has 92 valence electrons. The van der Waals surface area contributed by atoms with Crippen molar-refractivity contribution < 1.29 is 4.79 Å². The summed E-state index contributed by atoms with van der Waals surface area (Å²) in [5, 5.41) is 0.736. The van der Waals surface area contributed by atoms with E-state index in [0.717, 1.165) is 38.4 Å². The Hall–Kier alpha value is -0.810. The van der Waals surface area contributed by atoms with Gasteiger partial charge in [0.2, 0.25) is 0 Å². The Balaban J connectivity index is 2.15. The van der Waals surface area contributed by atoms with Gasteiger partial charge in [0.05, 0.1) is 5.69 Å². The summed E-state index contributed by atoms with van der Waals surface area (Å²) in [6.07, 6.45) is 4.57. The fraction of sp³-hybridized carbons (Fsp3) is 0.214. The molecule has 4 heteroatoms. The third-order valence-electron chi connectivity index (χ3n) is 3.28. The van der Waals surface area contributed by atoms with Gasteiger partial charge in [-0.2, -0.15) is 0 Å². The molecule has 0 saturated carbocycles. The second-order valence-corrected chi connectivity index (χ2v) is 6.02. The lowest BCUT2D eigenvalue weighted by atomic mass is 9.97. The van der Waals surface area contributed by atoms with Crippen LogP contribution in [0.4, 0.5) is 0 Å². The first-order valence-corrected chi connectivity index (χ1v) is 7.31. The molecule has 1 aromatic carbocycles. The molecule has 0 atom stereocenters. The minimum atomic E-state index is 0.263. The number of aromatic nitrogens is 1. The highest BCUT2D eigenvalue weighted by atomic mass is 127. The Labute approximate surface area is 124 Å². The molecule has 0 saturated heterocycles. The normalized spacial score (nSPS) is 14.7. The SMILES string of the molecule is O=C1CCCc2c1ccn2-c1ccc(Cl)cc1I. The van der Waals surface area contributed by atoms with E-state index in [1.54, 1.807) is 0 Å². The van der Waals surface area contributed by atoms with E-state index >= 15 is 0 Å². The van der Waals surface area contributed by atoms with Crippen LogP contribution in [0.15, 0.2) is 30.5 Å². The van der Waals surface area contributed by atoms with Gasteiger partial charge in [0.1, 0.15) is 0 Å². The van der Waals surface area contributed by atoms with E-state index in [0.29, 0.717) is 6.42 Å². The molecule has 0 spiro atoms. The first kappa shape index (κ1) is 12.2. The number of halogens is 2. The number of ketones is 1. The maximum atomic E-state index is 11.8. The van der Waals surface area contributed by atoms with Gasteiger partial charge in [0.15, 0.2) is 5.78 Å². The lowest BCUT2D eigenvalue weighted by molar-refractivity contribution is 0.0972. The van der Waals surface area contributed by atoms with Crippen LogP contribution in [-0.4, -0.2) is 10.4 Å². The van der Waals surface area contributed by atoms with Crippen molar-refractivity contribution in [2.45, 2.75) is 19.3 Å². The highest BCUT2D eigenvalue weighted by Gasteiger charge is 2.21. The summed E-state index contributed by atoms with van der Waals surface area (Å²) < 4.78 is 3.21. The summed E-state index contributed by atoms with van der Waals surface area (Å²) in [6.45, 7) is 0. The van der Waals surface area contributed by atoms with Crippen LogP contribution in [0.1, 0.15) is 28.9 Å². The van der Waals surface area contributed by atoms with E-state index in [1.165, 1.54) is 0 Å². The summed E-state index contributed by atoms with van der Waals surface area (Å²) in [4.78, 5) is 11.8. The molecule has 1 aromatic heterocycles. The average molecular weight is 372 g/mol. The van der Waals surface area contributed by atoms with Crippen molar-refractivity contribution in [1.82, 2.24) is 4.57 Å². The highest BCUT2D eigenvalue weighted by Crippen LogP contribution is 2.28. The number of fused-ring (bicyclic) bond motifs is 1. The number of hydrogen-bond acceptors (Lipinski definition) is 1. The predicted octanol–water partition coefficient (Wildman–Crippen LogP) is 4.25. The predicted molar refractivity (Wildman–Crippen MR) is 80.8 cm³/mol. The molecule has 18 heavy (non-hydrogen) atoms. The van der Waals surface area contributed by atoms with E-state index in [2.05, 4.69) is 27.2 Å². The molecular formula is C14H11ClINO. The number of Topliss-reactive ketones (excluding diaryl/α,β-unsaturated/α-hetero) is 1. The fourth-order valence-corrected chi connectivity index (χ4v) is 3.56. The van der Waals surface area contributed by atoms with Crippen molar-refractivity contribution in [3.05, 3.63) is 50.3 Å². The minimum Gasteiger partial charge on any atom is -0.319 e. The Bertz CT molecular complexity index is 633. The van der Waals surface area contributed by atoms with E-state index in [-0.39, 0.29) is 5.78 Å². The van der Waals surface area contributed by atoms with Crippen molar-refractivity contribution in [1.29, 1.82) is 0 Å². The molecule has 0 unspecified atom stereocenters. The molecule has 0 fully saturated rings. The Morgan fingerprint density at radius 1 is 1.22 bits per heavy atom. The van der Waals surface area contributed by atoms with E-state index in [1.807, 2.05) is 30.5 Å². The lowest BCUT2D eigenvalue weighted by Gasteiger charge is -2.16. The smallest absolute Gasteiger partial charge is 0.164 e. The largest absolute Gasteiger partial charge is 0.319 e. The standard InChI is InChI=1S/C14H11ClINO/c15-9-4-5-13(11(16)8-9)17-7-6-10-12(17)2-1-3-14(10)18/h4-8H,1-3H2. The second kappa shape index (κ2) is 4.70. The molecule has 2 nitrogen and oxygen atoms in total. The fourth-order valence-electron chi connectivity index (χ4n) is 2.43. The zero-order chi connectivity index (χ0) is 12.7. The summed E-state index contributed by atoms with van der Waals surface area (Å²) in [5.41, 5.74) is 3.11. The Morgan fingerprint density at radius 2 is 2.06 bits per heavy atom. The Kier molecular flexibility index (Phi) is 3.20. The van der Waals surface area contributed by atoms with Crippen LogP contribution in [-0.2, 0) is 6.42 Å². The highest BCUT2D eigenvalue weighted by molar-refractivity contribution is 14.1. The van der Waals surface area contributed by atoms with Crippen molar-refractivity contribution in [2.75, 3.05) is 0 Å². The van der Waals surface area contributed by atoms with Crippen molar-refractivity contribution in [2.24, 2.45) is 0 Å². The van der Waals surface area contributed by atoms with E-state index in [4.69, 9.17) is 11.6 Å². The van der Waals surface area contributed by atoms with Gasteiger partial charge < -0.3 is 4.57 Å². The van der Waals surface area contributed by atoms with Gasteiger partial charge in [-0.25, -0.2) is 0 Å². The molecule has 0 aliphatic heterocycles. The van der Waals surface area contributed by atoms with Crippen LogP contribution in [0, 0.1) is 3.57 Å². The van der Waals surface area contributed by atoms with Gasteiger partial charge in [-0.1, -0.05) is 11.6 Å². The zero-order valence-corrected chi connectivity index (χ0v) is 12.5. The summed E-state index contributed by atoms with van der Waals surface area (Å²) in [6, 6.07) is 7.76. The number of hydrogen-bond donors (Lipinski definition) is 0. The van der Waals surface area contributed by atoms with E-state index < -0.39 is 0 Å². The quantitative estimate of drug-likeness (QED) is 0.687. The summed E-state index contributed by atoms with van der Waals surface area (Å²) >= 11 is 8.25. The molecule has 1 aliphatic rings. The van der Waals surface area contributed by atoms with Crippen LogP contribution in [0.2, 0.25) is 5.02 Å². The molecule has 0 bridgehead atoms. The van der Waals surface area contributed by atoms with Crippen molar-refractivity contribution >= 4 is 40.0 Å². The number of benzene rings is 1. The van der Waals surface area contributed by atoms with Gasteiger partial charge in [-0.05, 0) is 59.7 Å². The number of nitrogens with zero attached hydrogens (tertiary/aromatic N) is 1. The molecule has 3 rings (SSSR count). The zero-order valence-electron chi connectivity index (χ0n) is 9.62. The number of carbonyl (C=O) groups is 1. The van der Waals surface area contributed by atoms with Crippen LogP contribution in [0.5, 0.6) is 0 Å².